The topological polar surface area (TPSA) is 73.6 Å². The van der Waals surface area contributed by atoms with E-state index in [1.165, 1.54) is 18.4 Å². The van der Waals surface area contributed by atoms with Crippen LogP contribution in [0.15, 0.2) is 30.3 Å². The molecule has 2 bridgehead atoms. The van der Waals surface area contributed by atoms with Crippen LogP contribution >= 0.6 is 0 Å². The number of nitrogens with zero attached hydrogens (tertiary/aromatic N) is 2. The first kappa shape index (κ1) is 22.2. The van der Waals surface area contributed by atoms with Gasteiger partial charge in [0.1, 0.15) is 17.4 Å². The molecule has 3 unspecified atom stereocenters. The average Bonchev–Trinajstić information content (AvgIpc) is 3.08. The summed E-state index contributed by atoms with van der Waals surface area (Å²) in [6.07, 6.45) is 8.30. The molecule has 1 aliphatic carbocycles. The highest BCUT2D eigenvalue weighted by Crippen LogP contribution is 2.44. The number of hydrogen-bond donors (Lipinski definition) is 1. The molecule has 5 nitrogen and oxygen atoms in total. The van der Waals surface area contributed by atoms with E-state index in [1.54, 1.807) is 0 Å². The van der Waals surface area contributed by atoms with E-state index in [1.807, 2.05) is 6.07 Å². The van der Waals surface area contributed by atoms with Crippen LogP contribution in [0, 0.1) is 23.2 Å². The normalized spacial score (nSPS) is 30.6. The summed E-state index contributed by atoms with van der Waals surface area (Å²) in [7, 11) is 0. The maximum Gasteiger partial charge on any atom is 0.306 e. The van der Waals surface area contributed by atoms with Gasteiger partial charge in [-0.25, -0.2) is 0 Å². The fraction of sp³-hybridized carbons (Fsp3) is 0.571. The fourth-order valence-electron chi connectivity index (χ4n) is 6.54. The summed E-state index contributed by atoms with van der Waals surface area (Å²) in [5, 5.41) is 21.6. The Labute approximate surface area is 196 Å². The molecule has 0 aromatic heterocycles. The van der Waals surface area contributed by atoms with Crippen LogP contribution < -0.4 is 4.74 Å². The standard InChI is InChI=1S/C28H34N2O3/c1-17-3-10-24(11-4-17)33-27-12-7-19-5-6-20(15-25(19)26(27)16-29)18(2)30-22-8-9-23(30)14-21(13-22)28(31)32/h5-7,12,15,17-18,21-24H,3-4,8-11,13-14H2,1-2H3,(H,31,32)/t17-,18?,21?,22?,23?,24+. The highest BCUT2D eigenvalue weighted by Gasteiger charge is 2.45. The summed E-state index contributed by atoms with van der Waals surface area (Å²) in [5.41, 5.74) is 1.82. The van der Waals surface area contributed by atoms with E-state index < -0.39 is 5.97 Å². The zero-order valence-corrected chi connectivity index (χ0v) is 19.7. The minimum absolute atomic E-state index is 0.192. The lowest BCUT2D eigenvalue weighted by Gasteiger charge is -2.41. The first-order chi connectivity index (χ1) is 15.9. The molecular formula is C28H34N2O3. The minimum atomic E-state index is -0.650. The quantitative estimate of drug-likeness (QED) is 0.604. The first-order valence-electron chi connectivity index (χ1n) is 12.6. The number of piperidine rings is 1. The van der Waals surface area contributed by atoms with Crippen molar-refractivity contribution >= 4 is 16.7 Å². The van der Waals surface area contributed by atoms with Crippen molar-refractivity contribution in [1.82, 2.24) is 4.90 Å². The molecule has 2 aromatic carbocycles. The van der Waals surface area contributed by atoms with Crippen molar-refractivity contribution in [2.75, 3.05) is 0 Å². The molecule has 0 radical (unpaired) electrons. The predicted octanol–water partition coefficient (Wildman–Crippen LogP) is 6.06. The molecular weight excluding hydrogens is 412 g/mol. The molecule has 1 N–H and O–H groups in total. The largest absolute Gasteiger partial charge is 0.489 e. The van der Waals surface area contributed by atoms with E-state index in [-0.39, 0.29) is 18.1 Å². The van der Waals surface area contributed by atoms with Crippen molar-refractivity contribution in [1.29, 1.82) is 5.26 Å². The summed E-state index contributed by atoms with van der Waals surface area (Å²) in [6, 6.07) is 13.7. The van der Waals surface area contributed by atoms with E-state index in [9.17, 15) is 15.2 Å². The number of benzene rings is 2. The molecule has 3 atom stereocenters. The van der Waals surface area contributed by atoms with Crippen molar-refractivity contribution in [2.24, 2.45) is 11.8 Å². The second kappa shape index (κ2) is 8.99. The molecule has 3 fully saturated rings. The van der Waals surface area contributed by atoms with Gasteiger partial charge in [-0.3, -0.25) is 9.69 Å². The van der Waals surface area contributed by atoms with Crippen LogP contribution in [0.2, 0.25) is 0 Å². The zero-order chi connectivity index (χ0) is 23.1. The third-order valence-electron chi connectivity index (χ3n) is 8.44. The van der Waals surface area contributed by atoms with Gasteiger partial charge in [-0.05, 0) is 87.3 Å². The Hall–Kier alpha value is -2.58. The second-order valence-electron chi connectivity index (χ2n) is 10.5. The highest BCUT2D eigenvalue weighted by molar-refractivity contribution is 5.90. The Morgan fingerprint density at radius 2 is 1.76 bits per heavy atom. The smallest absolute Gasteiger partial charge is 0.306 e. The highest BCUT2D eigenvalue weighted by atomic mass is 16.5. The van der Waals surface area contributed by atoms with Crippen LogP contribution in [0.5, 0.6) is 5.75 Å². The van der Waals surface area contributed by atoms with E-state index in [0.717, 1.165) is 55.2 Å². The number of carbonyl (C=O) groups is 1. The van der Waals surface area contributed by atoms with Gasteiger partial charge >= 0.3 is 5.97 Å². The van der Waals surface area contributed by atoms with E-state index in [0.29, 0.717) is 23.4 Å². The SMILES string of the molecule is CC(c1ccc2ccc(O[C@H]3CC[C@@H](C)CC3)c(C#N)c2c1)N1C2CCC1CC(C(=O)O)C2. The summed E-state index contributed by atoms with van der Waals surface area (Å²) in [4.78, 5) is 14.1. The summed E-state index contributed by atoms with van der Waals surface area (Å²) < 4.78 is 6.34. The molecule has 0 amide bonds. The van der Waals surface area contributed by atoms with Gasteiger partial charge in [-0.15, -0.1) is 0 Å². The monoisotopic (exact) mass is 446 g/mol. The van der Waals surface area contributed by atoms with Crippen molar-refractivity contribution in [3.63, 3.8) is 0 Å². The van der Waals surface area contributed by atoms with Gasteiger partial charge in [0.2, 0.25) is 0 Å². The predicted molar refractivity (Wildman–Crippen MR) is 128 cm³/mol. The van der Waals surface area contributed by atoms with Gasteiger partial charge < -0.3 is 9.84 Å². The Kier molecular flexibility index (Phi) is 6.05. The van der Waals surface area contributed by atoms with Crippen LogP contribution in [-0.2, 0) is 4.79 Å². The van der Waals surface area contributed by atoms with Gasteiger partial charge in [-0.2, -0.15) is 5.26 Å². The minimum Gasteiger partial charge on any atom is -0.489 e. The van der Waals surface area contributed by atoms with Crippen molar-refractivity contribution in [2.45, 2.75) is 89.4 Å². The molecule has 33 heavy (non-hydrogen) atoms. The molecule has 0 spiro atoms. The molecule has 174 valence electrons. The number of aliphatic carboxylic acids is 1. The van der Waals surface area contributed by atoms with Crippen molar-refractivity contribution in [3.05, 3.63) is 41.5 Å². The molecule has 5 rings (SSSR count). The van der Waals surface area contributed by atoms with Crippen LogP contribution in [0.25, 0.3) is 10.8 Å². The molecule has 3 aliphatic rings. The summed E-state index contributed by atoms with van der Waals surface area (Å²) in [5.74, 6) is 0.604. The van der Waals surface area contributed by atoms with Crippen LogP contribution in [0.3, 0.4) is 0 Å². The fourth-order valence-corrected chi connectivity index (χ4v) is 6.54. The Morgan fingerprint density at radius 1 is 1.09 bits per heavy atom. The molecule has 2 heterocycles. The number of hydrogen-bond acceptors (Lipinski definition) is 4. The molecule has 2 aromatic rings. The van der Waals surface area contributed by atoms with Crippen LogP contribution in [0.4, 0.5) is 0 Å². The zero-order valence-electron chi connectivity index (χ0n) is 19.7. The number of carboxylic acids is 1. The van der Waals surface area contributed by atoms with E-state index >= 15 is 0 Å². The summed E-state index contributed by atoms with van der Waals surface area (Å²) >= 11 is 0. The lowest BCUT2D eigenvalue weighted by atomic mass is 9.88. The number of ether oxygens (including phenoxy) is 1. The van der Waals surface area contributed by atoms with Gasteiger partial charge in [0, 0.05) is 23.5 Å². The Bertz CT molecular complexity index is 1070. The average molecular weight is 447 g/mol. The van der Waals surface area contributed by atoms with Gasteiger partial charge in [0.25, 0.3) is 0 Å². The third kappa shape index (κ3) is 4.22. The Balaban J connectivity index is 1.42. The molecule has 1 saturated carbocycles. The number of fused-ring (bicyclic) bond motifs is 3. The lowest BCUT2D eigenvalue weighted by Crippen LogP contribution is -2.45. The van der Waals surface area contributed by atoms with Gasteiger partial charge in [-0.1, -0.05) is 25.1 Å². The Morgan fingerprint density at radius 3 is 2.39 bits per heavy atom. The van der Waals surface area contributed by atoms with Gasteiger partial charge in [0.05, 0.1) is 12.0 Å². The van der Waals surface area contributed by atoms with Crippen molar-refractivity contribution < 1.29 is 14.6 Å². The molecule has 5 heteroatoms. The number of carboxylic acid groups (broad SMARTS) is 1. The van der Waals surface area contributed by atoms with Gasteiger partial charge in [0.15, 0.2) is 0 Å². The summed E-state index contributed by atoms with van der Waals surface area (Å²) in [6.45, 7) is 4.52. The maximum atomic E-state index is 11.6. The third-order valence-corrected chi connectivity index (χ3v) is 8.44. The van der Waals surface area contributed by atoms with E-state index in [2.05, 4.69) is 49.1 Å². The first-order valence-corrected chi connectivity index (χ1v) is 12.6. The molecule has 2 saturated heterocycles. The molecule has 2 aliphatic heterocycles. The maximum absolute atomic E-state index is 11.6. The lowest BCUT2D eigenvalue weighted by molar-refractivity contribution is -0.144. The number of nitriles is 1. The van der Waals surface area contributed by atoms with Crippen LogP contribution in [0.1, 0.15) is 82.4 Å². The number of rotatable bonds is 5. The van der Waals surface area contributed by atoms with Crippen LogP contribution in [-0.4, -0.2) is 34.2 Å². The second-order valence-corrected chi connectivity index (χ2v) is 10.5. The van der Waals surface area contributed by atoms with Crippen molar-refractivity contribution in [3.8, 4) is 11.8 Å². The van der Waals surface area contributed by atoms with E-state index in [4.69, 9.17) is 4.74 Å².